The van der Waals surface area contributed by atoms with E-state index in [1.165, 1.54) is 36.6 Å². The highest BCUT2D eigenvalue weighted by atomic mass is 32.1. The van der Waals surface area contributed by atoms with Gasteiger partial charge >= 0.3 is 12.0 Å². The number of urea groups is 1. The van der Waals surface area contributed by atoms with Crippen molar-refractivity contribution < 1.29 is 19.4 Å². The number of thiazole rings is 1. The van der Waals surface area contributed by atoms with E-state index in [1.807, 2.05) is 5.38 Å². The van der Waals surface area contributed by atoms with E-state index in [0.717, 1.165) is 5.01 Å². The Kier molecular flexibility index (Phi) is 4.72. The van der Waals surface area contributed by atoms with Crippen LogP contribution in [0, 0.1) is 0 Å². The van der Waals surface area contributed by atoms with Crippen molar-refractivity contribution in [3.8, 4) is 5.75 Å². The molecule has 1 aromatic heterocycles. The predicted octanol–water partition coefficient (Wildman–Crippen LogP) is 2.17. The Morgan fingerprint density at radius 2 is 2.24 bits per heavy atom. The molecule has 3 N–H and O–H groups in total. The van der Waals surface area contributed by atoms with E-state index < -0.39 is 12.0 Å². The first-order chi connectivity index (χ1) is 10.1. The number of ether oxygens (including phenoxy) is 1. The second-order valence-corrected chi connectivity index (χ2v) is 4.93. The highest BCUT2D eigenvalue weighted by molar-refractivity contribution is 7.09. The molecule has 0 saturated carbocycles. The number of methoxy groups -OCH3 is 1. The van der Waals surface area contributed by atoms with Crippen molar-refractivity contribution in [2.24, 2.45) is 0 Å². The van der Waals surface area contributed by atoms with Gasteiger partial charge in [-0.25, -0.2) is 14.6 Å². The van der Waals surface area contributed by atoms with E-state index in [-0.39, 0.29) is 11.3 Å². The molecule has 0 radical (unpaired) electrons. The molecule has 0 atom stereocenters. The van der Waals surface area contributed by atoms with E-state index in [0.29, 0.717) is 12.3 Å². The second kappa shape index (κ2) is 6.71. The maximum atomic E-state index is 11.8. The van der Waals surface area contributed by atoms with E-state index in [1.54, 1.807) is 6.20 Å². The third kappa shape index (κ3) is 3.93. The number of rotatable bonds is 5. The van der Waals surface area contributed by atoms with E-state index in [4.69, 9.17) is 9.84 Å². The number of carbonyl (C=O) groups excluding carboxylic acids is 1. The average molecular weight is 307 g/mol. The first kappa shape index (κ1) is 14.8. The van der Waals surface area contributed by atoms with Crippen molar-refractivity contribution in [3.63, 3.8) is 0 Å². The number of anilines is 1. The first-order valence-electron chi connectivity index (χ1n) is 5.94. The summed E-state index contributed by atoms with van der Waals surface area (Å²) < 4.78 is 5.09. The lowest BCUT2D eigenvalue weighted by atomic mass is 10.2. The van der Waals surface area contributed by atoms with Gasteiger partial charge in [-0.2, -0.15) is 0 Å². The highest BCUT2D eigenvalue weighted by Gasteiger charge is 2.11. The van der Waals surface area contributed by atoms with Crippen LogP contribution in [-0.2, 0) is 6.54 Å². The molecule has 0 aliphatic heterocycles. The Balaban J connectivity index is 2.04. The molecule has 2 amide bonds. The summed E-state index contributed by atoms with van der Waals surface area (Å²) in [6.07, 6.45) is 1.65. The number of nitrogens with zero attached hydrogens (tertiary/aromatic N) is 1. The van der Waals surface area contributed by atoms with Crippen LogP contribution in [0.5, 0.6) is 5.75 Å². The number of nitrogens with one attached hydrogen (secondary N) is 2. The van der Waals surface area contributed by atoms with Crippen LogP contribution >= 0.6 is 11.3 Å². The van der Waals surface area contributed by atoms with Gasteiger partial charge in [0.2, 0.25) is 0 Å². The lowest BCUT2D eigenvalue weighted by Crippen LogP contribution is -2.28. The van der Waals surface area contributed by atoms with Crippen LogP contribution in [0.3, 0.4) is 0 Å². The van der Waals surface area contributed by atoms with Crippen LogP contribution in [0.2, 0.25) is 0 Å². The van der Waals surface area contributed by atoms with E-state index >= 15 is 0 Å². The fourth-order valence-corrected chi connectivity index (χ4v) is 2.16. The van der Waals surface area contributed by atoms with E-state index in [9.17, 15) is 9.59 Å². The van der Waals surface area contributed by atoms with Crippen LogP contribution in [0.4, 0.5) is 10.5 Å². The summed E-state index contributed by atoms with van der Waals surface area (Å²) in [6.45, 7) is 0.296. The molecule has 8 heteroatoms. The summed E-state index contributed by atoms with van der Waals surface area (Å²) in [5.41, 5.74) is 0.347. The number of benzene rings is 1. The smallest absolute Gasteiger partial charge is 0.335 e. The van der Waals surface area contributed by atoms with Crippen molar-refractivity contribution in [2.45, 2.75) is 6.54 Å². The third-order valence-corrected chi connectivity index (χ3v) is 3.36. The zero-order valence-corrected chi connectivity index (χ0v) is 11.9. The van der Waals surface area contributed by atoms with Gasteiger partial charge < -0.3 is 20.5 Å². The molecular weight excluding hydrogens is 294 g/mol. The Hall–Kier alpha value is -2.61. The first-order valence-corrected chi connectivity index (χ1v) is 6.82. The summed E-state index contributed by atoms with van der Waals surface area (Å²) in [4.78, 5) is 26.8. The third-order valence-electron chi connectivity index (χ3n) is 2.58. The summed E-state index contributed by atoms with van der Waals surface area (Å²) in [7, 11) is 1.44. The Labute approximate surface area is 124 Å². The lowest BCUT2D eigenvalue weighted by Gasteiger charge is -2.11. The zero-order chi connectivity index (χ0) is 15.2. The van der Waals surface area contributed by atoms with Gasteiger partial charge in [0, 0.05) is 11.6 Å². The molecule has 21 heavy (non-hydrogen) atoms. The molecular formula is C13H13N3O4S. The van der Waals surface area contributed by atoms with Crippen LogP contribution < -0.4 is 15.4 Å². The van der Waals surface area contributed by atoms with Gasteiger partial charge in [-0.05, 0) is 18.2 Å². The molecule has 0 saturated heterocycles. The maximum Gasteiger partial charge on any atom is 0.335 e. The van der Waals surface area contributed by atoms with Gasteiger partial charge in [-0.15, -0.1) is 11.3 Å². The minimum atomic E-state index is -1.08. The fourth-order valence-electron chi connectivity index (χ4n) is 1.60. The molecule has 1 heterocycles. The highest BCUT2D eigenvalue weighted by Crippen LogP contribution is 2.25. The number of carboxylic acid groups (broad SMARTS) is 1. The molecule has 0 aliphatic carbocycles. The number of carbonyl (C=O) groups is 2. The molecule has 0 spiro atoms. The summed E-state index contributed by atoms with van der Waals surface area (Å²) in [5, 5.41) is 16.7. The minimum Gasteiger partial charge on any atom is -0.495 e. The second-order valence-electron chi connectivity index (χ2n) is 3.95. The molecule has 2 rings (SSSR count). The van der Waals surface area contributed by atoms with Crippen molar-refractivity contribution in [3.05, 3.63) is 40.3 Å². The average Bonchev–Trinajstić information content (AvgIpc) is 2.98. The van der Waals surface area contributed by atoms with Crippen LogP contribution in [0.15, 0.2) is 29.8 Å². The largest absolute Gasteiger partial charge is 0.495 e. The van der Waals surface area contributed by atoms with Crippen LogP contribution in [-0.4, -0.2) is 29.2 Å². The summed E-state index contributed by atoms with van der Waals surface area (Å²) in [5.74, 6) is -0.701. The zero-order valence-electron chi connectivity index (χ0n) is 11.1. The SMILES string of the molecule is COc1ccc(C(=O)O)cc1NC(=O)NCc1nccs1. The van der Waals surface area contributed by atoms with Gasteiger partial charge in [-0.1, -0.05) is 0 Å². The number of aromatic carboxylic acids is 1. The van der Waals surface area contributed by atoms with Gasteiger partial charge in [0.1, 0.15) is 10.8 Å². The molecule has 1 aromatic carbocycles. The molecule has 0 bridgehead atoms. The fraction of sp³-hybridized carbons (Fsp3) is 0.154. The van der Waals surface area contributed by atoms with Crippen molar-refractivity contribution in [1.29, 1.82) is 0 Å². The van der Waals surface area contributed by atoms with Crippen LogP contribution in [0.1, 0.15) is 15.4 Å². The van der Waals surface area contributed by atoms with Crippen molar-refractivity contribution in [1.82, 2.24) is 10.3 Å². The monoisotopic (exact) mass is 307 g/mol. The van der Waals surface area contributed by atoms with Crippen molar-refractivity contribution >= 4 is 29.0 Å². The maximum absolute atomic E-state index is 11.8. The Bertz CT molecular complexity index is 643. The molecule has 0 aliphatic rings. The van der Waals surface area contributed by atoms with Crippen molar-refractivity contribution in [2.75, 3.05) is 12.4 Å². The molecule has 7 nitrogen and oxygen atoms in total. The molecule has 0 unspecified atom stereocenters. The number of carboxylic acids is 1. The molecule has 2 aromatic rings. The Morgan fingerprint density at radius 1 is 1.43 bits per heavy atom. The molecule has 0 fully saturated rings. The van der Waals surface area contributed by atoms with Crippen LogP contribution in [0.25, 0.3) is 0 Å². The van der Waals surface area contributed by atoms with Gasteiger partial charge in [0.05, 0.1) is 24.9 Å². The Morgan fingerprint density at radius 3 is 2.86 bits per heavy atom. The predicted molar refractivity (Wildman–Crippen MR) is 77.9 cm³/mol. The van der Waals surface area contributed by atoms with Gasteiger partial charge in [-0.3, -0.25) is 0 Å². The van der Waals surface area contributed by atoms with Gasteiger partial charge in [0.25, 0.3) is 0 Å². The minimum absolute atomic E-state index is 0.0611. The number of aromatic nitrogens is 1. The van der Waals surface area contributed by atoms with E-state index in [2.05, 4.69) is 15.6 Å². The summed E-state index contributed by atoms with van der Waals surface area (Å²) >= 11 is 1.43. The summed E-state index contributed by atoms with van der Waals surface area (Å²) in [6, 6.07) is 3.76. The topological polar surface area (TPSA) is 101 Å². The number of amides is 2. The normalized spacial score (nSPS) is 9.95. The lowest BCUT2D eigenvalue weighted by molar-refractivity contribution is 0.0697. The quantitative estimate of drug-likeness (QED) is 0.786. The van der Waals surface area contributed by atoms with Gasteiger partial charge in [0.15, 0.2) is 0 Å². The molecule has 110 valence electrons. The number of hydrogen-bond acceptors (Lipinski definition) is 5. The standard InChI is InChI=1S/C13H13N3O4S/c1-20-10-3-2-8(12(17)18)6-9(10)16-13(19)15-7-11-14-4-5-21-11/h2-6H,7H2,1H3,(H,17,18)(H2,15,16,19). The number of hydrogen-bond donors (Lipinski definition) is 3.